The van der Waals surface area contributed by atoms with E-state index in [2.05, 4.69) is 39.0 Å². The van der Waals surface area contributed by atoms with Gasteiger partial charge in [-0.2, -0.15) is 0 Å². The van der Waals surface area contributed by atoms with Gasteiger partial charge in [0.05, 0.1) is 0 Å². The minimum Gasteiger partial charge on any atom is -0.508 e. The fraction of sp³-hybridized carbons (Fsp3) is 0.429. The van der Waals surface area contributed by atoms with E-state index in [1.165, 1.54) is 5.56 Å². The Hall–Kier alpha value is -2.00. The van der Waals surface area contributed by atoms with Crippen molar-refractivity contribution in [3.05, 3.63) is 58.7 Å². The first-order chi connectivity index (χ1) is 11.5. The number of aromatic hydroxyl groups is 1. The van der Waals surface area contributed by atoms with Crippen molar-refractivity contribution in [3.63, 3.8) is 0 Å². The van der Waals surface area contributed by atoms with Crippen molar-refractivity contribution in [1.29, 1.82) is 0 Å². The number of ether oxygens (including phenoxy) is 2. The van der Waals surface area contributed by atoms with Crippen LogP contribution in [0.15, 0.2) is 36.4 Å². The number of benzene rings is 2. The van der Waals surface area contributed by atoms with E-state index >= 15 is 0 Å². The van der Waals surface area contributed by atoms with Gasteiger partial charge in [0.15, 0.2) is 6.79 Å². The summed E-state index contributed by atoms with van der Waals surface area (Å²) in [7, 11) is 1.61. The second kappa shape index (κ2) is 8.20. The summed E-state index contributed by atoms with van der Waals surface area (Å²) in [6.45, 7) is 8.75. The molecule has 0 aromatic heterocycles. The zero-order valence-electron chi connectivity index (χ0n) is 15.3. The molecule has 0 aliphatic rings. The first-order valence-corrected chi connectivity index (χ1v) is 8.49. The maximum atomic E-state index is 10.6. The number of methoxy groups -OCH3 is 1. The lowest BCUT2D eigenvalue weighted by Crippen LogP contribution is -2.13. The number of phenolic OH excluding ortho intramolecular Hbond substituents is 1. The lowest BCUT2D eigenvalue weighted by atomic mass is 9.78. The van der Waals surface area contributed by atoms with Gasteiger partial charge in [0.2, 0.25) is 0 Å². The van der Waals surface area contributed by atoms with E-state index in [0.29, 0.717) is 11.7 Å². The number of phenols is 1. The van der Waals surface area contributed by atoms with Crippen LogP contribution in [0.5, 0.6) is 11.5 Å². The number of aryl methyl sites for hydroxylation is 2. The molecule has 0 aliphatic heterocycles. The Morgan fingerprint density at radius 3 is 2.29 bits per heavy atom. The molecule has 2 atom stereocenters. The summed E-state index contributed by atoms with van der Waals surface area (Å²) < 4.78 is 10.4. The highest BCUT2D eigenvalue weighted by molar-refractivity contribution is 5.49. The summed E-state index contributed by atoms with van der Waals surface area (Å²) in [5.74, 6) is 1.75. The molecule has 2 aromatic carbocycles. The summed E-state index contributed by atoms with van der Waals surface area (Å²) in [6.07, 6.45) is 1.04. The van der Waals surface area contributed by atoms with Crippen LogP contribution in [0.25, 0.3) is 0 Å². The minimum absolute atomic E-state index is 0.159. The highest BCUT2D eigenvalue weighted by Crippen LogP contribution is 2.41. The highest BCUT2D eigenvalue weighted by Gasteiger charge is 2.25. The molecule has 0 heterocycles. The van der Waals surface area contributed by atoms with Crippen molar-refractivity contribution >= 4 is 0 Å². The van der Waals surface area contributed by atoms with E-state index in [0.717, 1.165) is 28.9 Å². The molecule has 0 bridgehead atoms. The van der Waals surface area contributed by atoms with E-state index < -0.39 is 0 Å². The van der Waals surface area contributed by atoms with Gasteiger partial charge in [-0.05, 0) is 54.7 Å². The van der Waals surface area contributed by atoms with Crippen LogP contribution in [0, 0.1) is 19.8 Å². The molecule has 24 heavy (non-hydrogen) atoms. The van der Waals surface area contributed by atoms with Crippen LogP contribution in [-0.2, 0) is 4.74 Å². The molecule has 0 aliphatic carbocycles. The molecular formula is C21H28O3. The molecule has 0 amide bonds. The van der Waals surface area contributed by atoms with Crippen molar-refractivity contribution in [2.24, 2.45) is 5.92 Å². The fourth-order valence-electron chi connectivity index (χ4n) is 3.27. The molecule has 0 saturated carbocycles. The van der Waals surface area contributed by atoms with Crippen LogP contribution in [0.3, 0.4) is 0 Å². The number of hydrogen-bond donors (Lipinski definition) is 1. The first-order valence-electron chi connectivity index (χ1n) is 8.49. The van der Waals surface area contributed by atoms with Gasteiger partial charge in [-0.3, -0.25) is 0 Å². The van der Waals surface area contributed by atoms with Gasteiger partial charge < -0.3 is 14.6 Å². The molecule has 2 rings (SSSR count). The van der Waals surface area contributed by atoms with Crippen LogP contribution in [0.1, 0.15) is 48.4 Å². The largest absolute Gasteiger partial charge is 0.508 e. The predicted octanol–water partition coefficient (Wildman–Crippen LogP) is 5.17. The zero-order valence-corrected chi connectivity index (χ0v) is 15.3. The lowest BCUT2D eigenvalue weighted by Gasteiger charge is -2.27. The van der Waals surface area contributed by atoms with Crippen LogP contribution in [0.4, 0.5) is 0 Å². The van der Waals surface area contributed by atoms with Crippen molar-refractivity contribution in [1.82, 2.24) is 0 Å². The topological polar surface area (TPSA) is 38.7 Å². The van der Waals surface area contributed by atoms with Crippen molar-refractivity contribution < 1.29 is 14.6 Å². The van der Waals surface area contributed by atoms with Crippen LogP contribution < -0.4 is 4.74 Å². The summed E-state index contributed by atoms with van der Waals surface area (Å²) in [5, 5.41) is 10.6. The van der Waals surface area contributed by atoms with Gasteiger partial charge in [0, 0.05) is 18.6 Å². The summed E-state index contributed by atoms with van der Waals surface area (Å²) >= 11 is 0. The molecule has 1 N–H and O–H groups in total. The standard InChI is InChI=1S/C21H28O3/c1-6-15(3)20(21-16(4)11-14(2)12-19(21)22)17-7-9-18(10-8-17)24-13-23-5/h7-12,15,20,22H,6,13H2,1-5H3. The van der Waals surface area contributed by atoms with Crippen LogP contribution >= 0.6 is 0 Å². The predicted molar refractivity (Wildman–Crippen MR) is 97.8 cm³/mol. The van der Waals surface area contributed by atoms with Crippen molar-refractivity contribution in [2.45, 2.75) is 40.0 Å². The quantitative estimate of drug-likeness (QED) is 0.713. The third kappa shape index (κ3) is 4.09. The third-order valence-corrected chi connectivity index (χ3v) is 4.62. The summed E-state index contributed by atoms with van der Waals surface area (Å²) in [6, 6.07) is 12.1. The molecule has 130 valence electrons. The lowest BCUT2D eigenvalue weighted by molar-refractivity contribution is 0.0511. The van der Waals surface area contributed by atoms with Crippen LogP contribution in [0.2, 0.25) is 0 Å². The summed E-state index contributed by atoms with van der Waals surface area (Å²) in [5.41, 5.74) is 4.44. The van der Waals surface area contributed by atoms with E-state index in [1.807, 2.05) is 25.1 Å². The van der Waals surface area contributed by atoms with Gasteiger partial charge in [-0.25, -0.2) is 0 Å². The Bertz CT molecular complexity index is 638. The molecule has 0 spiro atoms. The second-order valence-corrected chi connectivity index (χ2v) is 6.50. The fourth-order valence-corrected chi connectivity index (χ4v) is 3.27. The molecule has 2 aromatic rings. The smallest absolute Gasteiger partial charge is 0.188 e. The Morgan fingerprint density at radius 2 is 1.75 bits per heavy atom. The number of rotatable bonds is 7. The molecule has 0 saturated heterocycles. The zero-order chi connectivity index (χ0) is 17.7. The van der Waals surface area contributed by atoms with Gasteiger partial charge >= 0.3 is 0 Å². The highest BCUT2D eigenvalue weighted by atomic mass is 16.7. The molecule has 2 unspecified atom stereocenters. The Balaban J connectivity index is 2.43. The maximum absolute atomic E-state index is 10.6. The normalized spacial score (nSPS) is 13.5. The second-order valence-electron chi connectivity index (χ2n) is 6.50. The SMILES string of the molecule is CCC(C)C(c1ccc(OCOC)cc1)c1c(C)cc(C)cc1O. The average molecular weight is 328 g/mol. The molecule has 0 radical (unpaired) electrons. The average Bonchev–Trinajstić information content (AvgIpc) is 2.56. The molecule has 0 fully saturated rings. The van der Waals surface area contributed by atoms with E-state index in [4.69, 9.17) is 9.47 Å². The molecule has 3 nitrogen and oxygen atoms in total. The van der Waals surface area contributed by atoms with E-state index in [-0.39, 0.29) is 12.7 Å². The van der Waals surface area contributed by atoms with Crippen LogP contribution in [-0.4, -0.2) is 19.0 Å². The molecular weight excluding hydrogens is 300 g/mol. The summed E-state index contributed by atoms with van der Waals surface area (Å²) in [4.78, 5) is 0. The van der Waals surface area contributed by atoms with E-state index in [1.54, 1.807) is 7.11 Å². The Morgan fingerprint density at radius 1 is 1.08 bits per heavy atom. The Labute approximate surface area is 145 Å². The first kappa shape index (κ1) is 18.3. The van der Waals surface area contributed by atoms with Gasteiger partial charge in [0.1, 0.15) is 11.5 Å². The monoisotopic (exact) mass is 328 g/mol. The molecule has 3 heteroatoms. The minimum atomic E-state index is 0.159. The van der Waals surface area contributed by atoms with E-state index in [9.17, 15) is 5.11 Å². The van der Waals surface area contributed by atoms with Crippen molar-refractivity contribution in [2.75, 3.05) is 13.9 Å². The Kier molecular flexibility index (Phi) is 6.27. The van der Waals surface area contributed by atoms with Gasteiger partial charge in [-0.15, -0.1) is 0 Å². The van der Waals surface area contributed by atoms with Gasteiger partial charge in [0.25, 0.3) is 0 Å². The number of hydrogen-bond acceptors (Lipinski definition) is 3. The van der Waals surface area contributed by atoms with Gasteiger partial charge in [-0.1, -0.05) is 38.5 Å². The van der Waals surface area contributed by atoms with Crippen molar-refractivity contribution in [3.8, 4) is 11.5 Å². The maximum Gasteiger partial charge on any atom is 0.188 e. The third-order valence-electron chi connectivity index (χ3n) is 4.62.